The Morgan fingerprint density at radius 3 is 2.69 bits per heavy atom. The molecule has 0 bridgehead atoms. The number of rotatable bonds is 5. The van der Waals surface area contributed by atoms with Crippen LogP contribution < -0.4 is 10.6 Å². The molecule has 0 amide bonds. The standard InChI is InChI=1S/C14H20N2/c1-5-11(3)15-13-8-7-9-14(10-13)16-12(4)6-2/h5-11,15-16H,1H2,2-4H3. The highest BCUT2D eigenvalue weighted by Gasteiger charge is 1.98. The van der Waals surface area contributed by atoms with E-state index in [1.807, 2.05) is 32.1 Å². The van der Waals surface area contributed by atoms with Gasteiger partial charge in [0, 0.05) is 23.1 Å². The first kappa shape index (κ1) is 12.4. The normalized spacial score (nSPS) is 13.1. The van der Waals surface area contributed by atoms with Crippen LogP contribution in [0.5, 0.6) is 0 Å². The zero-order chi connectivity index (χ0) is 12.0. The molecule has 0 spiro atoms. The van der Waals surface area contributed by atoms with E-state index in [4.69, 9.17) is 0 Å². The molecule has 16 heavy (non-hydrogen) atoms. The maximum atomic E-state index is 3.75. The fraction of sp³-hybridized carbons (Fsp3) is 0.286. The summed E-state index contributed by atoms with van der Waals surface area (Å²) in [7, 11) is 0. The number of benzene rings is 1. The molecule has 0 aliphatic carbocycles. The predicted molar refractivity (Wildman–Crippen MR) is 72.8 cm³/mol. The number of nitrogens with one attached hydrogen (secondary N) is 2. The van der Waals surface area contributed by atoms with Crippen LogP contribution in [0.1, 0.15) is 20.8 Å². The highest BCUT2D eigenvalue weighted by Crippen LogP contribution is 2.17. The average molecular weight is 216 g/mol. The van der Waals surface area contributed by atoms with Crippen LogP contribution in [0.25, 0.3) is 0 Å². The Morgan fingerprint density at radius 1 is 1.38 bits per heavy atom. The number of hydrogen-bond acceptors (Lipinski definition) is 2. The van der Waals surface area contributed by atoms with E-state index in [0.29, 0.717) is 0 Å². The molecule has 2 nitrogen and oxygen atoms in total. The first-order valence-corrected chi connectivity index (χ1v) is 5.54. The first-order valence-electron chi connectivity index (χ1n) is 5.54. The minimum Gasteiger partial charge on any atom is -0.379 e. The van der Waals surface area contributed by atoms with Gasteiger partial charge in [0.1, 0.15) is 0 Å². The second-order valence-corrected chi connectivity index (χ2v) is 3.85. The van der Waals surface area contributed by atoms with Gasteiger partial charge >= 0.3 is 0 Å². The lowest BCUT2D eigenvalue weighted by molar-refractivity contribution is 1.00. The van der Waals surface area contributed by atoms with Crippen LogP contribution in [0.4, 0.5) is 11.4 Å². The van der Waals surface area contributed by atoms with Gasteiger partial charge in [-0.3, -0.25) is 0 Å². The molecule has 0 saturated heterocycles. The monoisotopic (exact) mass is 216 g/mol. The highest BCUT2D eigenvalue weighted by molar-refractivity contribution is 5.59. The molecule has 86 valence electrons. The third-order valence-corrected chi connectivity index (χ3v) is 2.38. The molecule has 0 heterocycles. The quantitative estimate of drug-likeness (QED) is 0.727. The van der Waals surface area contributed by atoms with E-state index in [2.05, 4.69) is 42.3 Å². The van der Waals surface area contributed by atoms with Crippen molar-refractivity contribution in [3.63, 3.8) is 0 Å². The molecular weight excluding hydrogens is 196 g/mol. The molecule has 1 unspecified atom stereocenters. The third kappa shape index (κ3) is 3.81. The van der Waals surface area contributed by atoms with Gasteiger partial charge in [0.15, 0.2) is 0 Å². The van der Waals surface area contributed by atoms with Gasteiger partial charge < -0.3 is 10.6 Å². The molecule has 1 aromatic carbocycles. The van der Waals surface area contributed by atoms with Crippen molar-refractivity contribution in [3.8, 4) is 0 Å². The first-order chi connectivity index (χ1) is 7.65. The number of allylic oxidation sites excluding steroid dienone is 2. The van der Waals surface area contributed by atoms with Crippen molar-refractivity contribution in [3.05, 3.63) is 48.7 Å². The minimum atomic E-state index is 0.276. The third-order valence-electron chi connectivity index (χ3n) is 2.38. The maximum absolute atomic E-state index is 3.75. The summed E-state index contributed by atoms with van der Waals surface area (Å²) in [5, 5.41) is 6.66. The number of anilines is 2. The Bertz CT molecular complexity index is 380. The molecule has 0 radical (unpaired) electrons. The average Bonchev–Trinajstić information content (AvgIpc) is 2.29. The van der Waals surface area contributed by atoms with E-state index in [9.17, 15) is 0 Å². The van der Waals surface area contributed by atoms with Crippen molar-refractivity contribution in [1.29, 1.82) is 0 Å². The van der Waals surface area contributed by atoms with Gasteiger partial charge in [-0.1, -0.05) is 18.2 Å². The van der Waals surface area contributed by atoms with E-state index in [1.54, 1.807) is 0 Å². The van der Waals surface area contributed by atoms with E-state index in [1.165, 1.54) is 0 Å². The van der Waals surface area contributed by atoms with E-state index in [-0.39, 0.29) is 6.04 Å². The summed E-state index contributed by atoms with van der Waals surface area (Å²) in [6, 6.07) is 8.50. The zero-order valence-corrected chi connectivity index (χ0v) is 10.2. The second-order valence-electron chi connectivity index (χ2n) is 3.85. The minimum absolute atomic E-state index is 0.276. The molecule has 0 aromatic heterocycles. The lowest BCUT2D eigenvalue weighted by atomic mass is 10.2. The SMILES string of the molecule is C=CC(C)Nc1cccc(NC(C)=CC)c1. The van der Waals surface area contributed by atoms with Crippen LogP contribution in [-0.4, -0.2) is 6.04 Å². The molecule has 0 aliphatic rings. The zero-order valence-electron chi connectivity index (χ0n) is 10.2. The Kier molecular flexibility index (Phi) is 4.65. The Morgan fingerprint density at radius 2 is 2.06 bits per heavy atom. The Labute approximate surface area is 98.1 Å². The van der Waals surface area contributed by atoms with Gasteiger partial charge in [0.05, 0.1) is 0 Å². The highest BCUT2D eigenvalue weighted by atomic mass is 14.9. The van der Waals surface area contributed by atoms with Crippen LogP contribution in [0.15, 0.2) is 48.7 Å². The lowest BCUT2D eigenvalue weighted by Gasteiger charge is -2.13. The molecule has 1 aromatic rings. The Hall–Kier alpha value is -1.70. The summed E-state index contributed by atoms with van der Waals surface area (Å²) in [6.07, 6.45) is 3.93. The van der Waals surface area contributed by atoms with Gasteiger partial charge in [-0.2, -0.15) is 0 Å². The van der Waals surface area contributed by atoms with Gasteiger partial charge in [-0.05, 0) is 39.0 Å². The van der Waals surface area contributed by atoms with Crippen molar-refractivity contribution in [1.82, 2.24) is 0 Å². The molecule has 1 rings (SSSR count). The molecular formula is C14H20N2. The summed E-state index contributed by atoms with van der Waals surface area (Å²) in [6.45, 7) is 9.89. The second kappa shape index (κ2) is 6.01. The van der Waals surface area contributed by atoms with Crippen molar-refractivity contribution in [2.75, 3.05) is 10.6 Å². The maximum Gasteiger partial charge on any atom is 0.0413 e. The van der Waals surface area contributed by atoms with Gasteiger partial charge in [0.25, 0.3) is 0 Å². The van der Waals surface area contributed by atoms with Crippen molar-refractivity contribution < 1.29 is 0 Å². The van der Waals surface area contributed by atoms with Crippen LogP contribution >= 0.6 is 0 Å². The predicted octanol–water partition coefficient (Wildman–Crippen LogP) is 4.01. The molecule has 0 fully saturated rings. The van der Waals surface area contributed by atoms with Crippen LogP contribution in [0.2, 0.25) is 0 Å². The summed E-state index contributed by atoms with van der Waals surface area (Å²) in [5.74, 6) is 0. The Balaban J connectivity index is 2.74. The molecule has 0 saturated carbocycles. The molecule has 2 N–H and O–H groups in total. The van der Waals surface area contributed by atoms with Crippen molar-refractivity contribution in [2.45, 2.75) is 26.8 Å². The topological polar surface area (TPSA) is 24.1 Å². The van der Waals surface area contributed by atoms with Crippen molar-refractivity contribution in [2.24, 2.45) is 0 Å². The van der Waals surface area contributed by atoms with Crippen LogP contribution in [-0.2, 0) is 0 Å². The molecule has 0 aliphatic heterocycles. The summed E-state index contributed by atoms with van der Waals surface area (Å²) < 4.78 is 0. The summed E-state index contributed by atoms with van der Waals surface area (Å²) >= 11 is 0. The number of hydrogen-bond donors (Lipinski definition) is 2. The van der Waals surface area contributed by atoms with E-state index < -0.39 is 0 Å². The fourth-order valence-electron chi connectivity index (χ4n) is 1.31. The smallest absolute Gasteiger partial charge is 0.0413 e. The van der Waals surface area contributed by atoms with E-state index >= 15 is 0 Å². The van der Waals surface area contributed by atoms with Crippen LogP contribution in [0, 0.1) is 0 Å². The molecule has 1 atom stereocenters. The summed E-state index contributed by atoms with van der Waals surface area (Å²) in [4.78, 5) is 0. The van der Waals surface area contributed by atoms with Crippen LogP contribution in [0.3, 0.4) is 0 Å². The fourth-order valence-corrected chi connectivity index (χ4v) is 1.31. The van der Waals surface area contributed by atoms with Gasteiger partial charge in [-0.15, -0.1) is 6.58 Å². The van der Waals surface area contributed by atoms with Gasteiger partial charge in [0.2, 0.25) is 0 Å². The molecule has 2 heteroatoms. The van der Waals surface area contributed by atoms with Crippen molar-refractivity contribution >= 4 is 11.4 Å². The largest absolute Gasteiger partial charge is 0.379 e. The van der Waals surface area contributed by atoms with E-state index in [0.717, 1.165) is 17.1 Å². The summed E-state index contributed by atoms with van der Waals surface area (Å²) in [5.41, 5.74) is 3.34. The lowest BCUT2D eigenvalue weighted by Crippen LogP contribution is -2.11. The van der Waals surface area contributed by atoms with Gasteiger partial charge in [-0.25, -0.2) is 0 Å².